The summed E-state index contributed by atoms with van der Waals surface area (Å²) in [5.41, 5.74) is 7.40. The number of primary amides is 1. The predicted molar refractivity (Wildman–Crippen MR) is 60.0 cm³/mol. The van der Waals surface area contributed by atoms with Crippen LogP contribution in [0.1, 0.15) is 22.3 Å². The standard InChI is InChI=1S/C11H13N3O2/c12-10(16)8-3-4-13-11-9(8)7(6-14-11)2-1-5-15/h3-4,6,15H,1-2,5H2,(H2,12,16)(H,13,14). The number of hydrogen-bond donors (Lipinski definition) is 3. The van der Waals surface area contributed by atoms with E-state index in [4.69, 9.17) is 10.8 Å². The predicted octanol–water partition coefficient (Wildman–Crippen LogP) is 0.587. The first kappa shape index (κ1) is 10.6. The molecule has 16 heavy (non-hydrogen) atoms. The fraction of sp³-hybridized carbons (Fsp3) is 0.273. The lowest BCUT2D eigenvalue weighted by Crippen LogP contribution is -2.11. The number of carbonyl (C=O) groups excluding carboxylic acids is 1. The Bertz CT molecular complexity index is 519. The molecule has 0 bridgehead atoms. The molecule has 2 rings (SSSR count). The highest BCUT2D eigenvalue weighted by molar-refractivity contribution is 6.05. The van der Waals surface area contributed by atoms with Crippen LogP contribution >= 0.6 is 0 Å². The van der Waals surface area contributed by atoms with E-state index in [-0.39, 0.29) is 6.61 Å². The van der Waals surface area contributed by atoms with Gasteiger partial charge < -0.3 is 15.8 Å². The number of H-pyrrole nitrogens is 1. The van der Waals surface area contributed by atoms with Gasteiger partial charge in [0.1, 0.15) is 5.65 Å². The Morgan fingerprint density at radius 2 is 2.38 bits per heavy atom. The zero-order valence-corrected chi connectivity index (χ0v) is 8.73. The number of aromatic nitrogens is 2. The lowest BCUT2D eigenvalue weighted by atomic mass is 10.1. The van der Waals surface area contributed by atoms with Gasteiger partial charge in [0.05, 0.1) is 5.56 Å². The van der Waals surface area contributed by atoms with E-state index in [1.807, 2.05) is 0 Å². The Balaban J connectivity index is 2.54. The smallest absolute Gasteiger partial charge is 0.249 e. The summed E-state index contributed by atoms with van der Waals surface area (Å²) in [6.07, 6.45) is 4.71. The quantitative estimate of drug-likeness (QED) is 0.702. The molecule has 0 saturated carbocycles. The number of pyridine rings is 1. The van der Waals surface area contributed by atoms with E-state index in [0.717, 1.165) is 10.9 Å². The van der Waals surface area contributed by atoms with Crippen LogP contribution in [0.25, 0.3) is 11.0 Å². The number of aliphatic hydroxyl groups is 1. The van der Waals surface area contributed by atoms with Crippen molar-refractivity contribution in [3.8, 4) is 0 Å². The van der Waals surface area contributed by atoms with Gasteiger partial charge in [-0.2, -0.15) is 0 Å². The average Bonchev–Trinajstić information content (AvgIpc) is 2.69. The van der Waals surface area contributed by atoms with Crippen molar-refractivity contribution in [3.63, 3.8) is 0 Å². The molecule has 0 radical (unpaired) electrons. The van der Waals surface area contributed by atoms with Gasteiger partial charge in [-0.1, -0.05) is 0 Å². The van der Waals surface area contributed by atoms with E-state index in [1.54, 1.807) is 18.5 Å². The summed E-state index contributed by atoms with van der Waals surface area (Å²) in [7, 11) is 0. The fourth-order valence-corrected chi connectivity index (χ4v) is 1.80. The molecule has 0 fully saturated rings. The second-order valence-electron chi connectivity index (χ2n) is 3.59. The van der Waals surface area contributed by atoms with Gasteiger partial charge >= 0.3 is 0 Å². The number of nitrogens with two attached hydrogens (primary N) is 1. The molecule has 0 aliphatic rings. The molecule has 0 aliphatic carbocycles. The average molecular weight is 219 g/mol. The van der Waals surface area contributed by atoms with Crippen molar-refractivity contribution in [1.82, 2.24) is 9.97 Å². The summed E-state index contributed by atoms with van der Waals surface area (Å²) in [5, 5.41) is 9.57. The van der Waals surface area contributed by atoms with E-state index < -0.39 is 5.91 Å². The number of aliphatic hydroxyl groups excluding tert-OH is 1. The third-order valence-electron chi connectivity index (χ3n) is 2.52. The number of aryl methyl sites for hydroxylation is 1. The van der Waals surface area contributed by atoms with Crippen molar-refractivity contribution in [2.45, 2.75) is 12.8 Å². The van der Waals surface area contributed by atoms with Gasteiger partial charge in [-0.3, -0.25) is 4.79 Å². The summed E-state index contributed by atoms with van der Waals surface area (Å²) in [4.78, 5) is 18.4. The van der Waals surface area contributed by atoms with Crippen LogP contribution in [0.3, 0.4) is 0 Å². The molecule has 0 unspecified atom stereocenters. The number of hydrogen-bond acceptors (Lipinski definition) is 3. The Morgan fingerprint density at radius 1 is 1.56 bits per heavy atom. The maximum atomic E-state index is 11.3. The van der Waals surface area contributed by atoms with E-state index in [0.29, 0.717) is 24.1 Å². The summed E-state index contributed by atoms with van der Waals surface area (Å²) in [5.74, 6) is -0.461. The number of nitrogens with zero attached hydrogens (tertiary/aromatic N) is 1. The topological polar surface area (TPSA) is 92.0 Å². The maximum Gasteiger partial charge on any atom is 0.249 e. The Labute approximate surface area is 92.3 Å². The molecule has 4 N–H and O–H groups in total. The second kappa shape index (κ2) is 4.32. The molecule has 2 aromatic rings. The van der Waals surface area contributed by atoms with E-state index in [2.05, 4.69) is 9.97 Å². The van der Waals surface area contributed by atoms with Crippen molar-refractivity contribution in [2.24, 2.45) is 5.73 Å². The van der Waals surface area contributed by atoms with Crippen LogP contribution in [0.15, 0.2) is 18.5 Å². The van der Waals surface area contributed by atoms with Crippen LogP contribution in [0.4, 0.5) is 0 Å². The molecule has 0 aliphatic heterocycles. The molecule has 5 nitrogen and oxygen atoms in total. The summed E-state index contributed by atoms with van der Waals surface area (Å²) >= 11 is 0. The minimum Gasteiger partial charge on any atom is -0.396 e. The van der Waals surface area contributed by atoms with Crippen LogP contribution in [0, 0.1) is 0 Å². The van der Waals surface area contributed by atoms with Crippen molar-refractivity contribution >= 4 is 16.9 Å². The largest absolute Gasteiger partial charge is 0.396 e. The molecular formula is C11H13N3O2. The van der Waals surface area contributed by atoms with E-state index >= 15 is 0 Å². The lowest BCUT2D eigenvalue weighted by Gasteiger charge is -2.01. The van der Waals surface area contributed by atoms with Crippen LogP contribution in [-0.4, -0.2) is 27.6 Å². The highest BCUT2D eigenvalue weighted by atomic mass is 16.2. The number of amides is 1. The molecule has 2 aromatic heterocycles. The van der Waals surface area contributed by atoms with Gasteiger partial charge in [0.25, 0.3) is 0 Å². The van der Waals surface area contributed by atoms with Crippen LogP contribution in [0.2, 0.25) is 0 Å². The highest BCUT2D eigenvalue weighted by Crippen LogP contribution is 2.21. The van der Waals surface area contributed by atoms with E-state index in [9.17, 15) is 4.79 Å². The summed E-state index contributed by atoms with van der Waals surface area (Å²) in [6, 6.07) is 1.61. The third-order valence-corrected chi connectivity index (χ3v) is 2.52. The minimum atomic E-state index is -0.461. The van der Waals surface area contributed by atoms with Gasteiger partial charge in [-0.15, -0.1) is 0 Å². The van der Waals surface area contributed by atoms with Gasteiger partial charge in [0, 0.05) is 24.4 Å². The summed E-state index contributed by atoms with van der Waals surface area (Å²) < 4.78 is 0. The lowest BCUT2D eigenvalue weighted by molar-refractivity contribution is 0.100. The van der Waals surface area contributed by atoms with Crippen molar-refractivity contribution in [2.75, 3.05) is 6.61 Å². The van der Waals surface area contributed by atoms with Crippen LogP contribution < -0.4 is 5.73 Å². The zero-order valence-electron chi connectivity index (χ0n) is 8.73. The highest BCUT2D eigenvalue weighted by Gasteiger charge is 2.12. The molecule has 84 valence electrons. The number of fused-ring (bicyclic) bond motifs is 1. The molecule has 0 spiro atoms. The first-order valence-corrected chi connectivity index (χ1v) is 5.09. The molecule has 2 heterocycles. The number of aromatic amines is 1. The van der Waals surface area contributed by atoms with E-state index in [1.165, 1.54) is 0 Å². The fourth-order valence-electron chi connectivity index (χ4n) is 1.80. The first-order chi connectivity index (χ1) is 7.74. The molecule has 0 saturated heterocycles. The van der Waals surface area contributed by atoms with Crippen LogP contribution in [0.5, 0.6) is 0 Å². The second-order valence-corrected chi connectivity index (χ2v) is 3.59. The number of carbonyl (C=O) groups is 1. The van der Waals surface area contributed by atoms with Crippen molar-refractivity contribution in [1.29, 1.82) is 0 Å². The first-order valence-electron chi connectivity index (χ1n) is 5.09. The van der Waals surface area contributed by atoms with Crippen molar-refractivity contribution in [3.05, 3.63) is 29.6 Å². The molecule has 1 amide bonds. The van der Waals surface area contributed by atoms with Crippen LogP contribution in [-0.2, 0) is 6.42 Å². The van der Waals surface area contributed by atoms with Gasteiger partial charge in [-0.25, -0.2) is 4.98 Å². The Hall–Kier alpha value is -1.88. The SMILES string of the molecule is NC(=O)c1ccnc2[nH]cc(CCCO)c12. The van der Waals surface area contributed by atoms with Gasteiger partial charge in [0.15, 0.2) is 0 Å². The third kappa shape index (κ3) is 1.77. The summed E-state index contributed by atoms with van der Waals surface area (Å²) in [6.45, 7) is 0.124. The molecule has 0 aromatic carbocycles. The van der Waals surface area contributed by atoms with Gasteiger partial charge in [-0.05, 0) is 24.5 Å². The van der Waals surface area contributed by atoms with Crippen molar-refractivity contribution < 1.29 is 9.90 Å². The Morgan fingerprint density at radius 3 is 3.06 bits per heavy atom. The monoisotopic (exact) mass is 219 g/mol. The molecule has 5 heteroatoms. The zero-order chi connectivity index (χ0) is 11.5. The number of nitrogens with one attached hydrogen (secondary N) is 1. The molecule has 0 atom stereocenters. The number of rotatable bonds is 4. The Kier molecular flexibility index (Phi) is 2.87. The minimum absolute atomic E-state index is 0.124. The van der Waals surface area contributed by atoms with Gasteiger partial charge in [0.2, 0.25) is 5.91 Å². The molecular weight excluding hydrogens is 206 g/mol. The normalized spacial score (nSPS) is 10.8. The maximum absolute atomic E-state index is 11.3.